The van der Waals surface area contributed by atoms with E-state index in [2.05, 4.69) is 9.80 Å². The Balaban J connectivity index is 0.000000333. The number of piperidine rings is 1. The van der Waals surface area contributed by atoms with Gasteiger partial charge in [0, 0.05) is 38.4 Å². The molecule has 2 aromatic rings. The van der Waals surface area contributed by atoms with Crippen LogP contribution in [-0.4, -0.2) is 77.8 Å². The van der Waals surface area contributed by atoms with Gasteiger partial charge in [0.2, 0.25) is 0 Å². The molecule has 1 spiro atoms. The van der Waals surface area contributed by atoms with Gasteiger partial charge in [-0.05, 0) is 48.7 Å². The van der Waals surface area contributed by atoms with Gasteiger partial charge in [-0.25, -0.2) is 18.4 Å². The molecule has 2 aliphatic heterocycles. The molecule has 0 saturated carbocycles. The Morgan fingerprint density at radius 1 is 0.850 bits per heavy atom. The Morgan fingerprint density at radius 2 is 1.43 bits per heavy atom. The van der Waals surface area contributed by atoms with Crippen LogP contribution in [0.3, 0.4) is 0 Å². The molecule has 1 unspecified atom stereocenters. The lowest BCUT2D eigenvalue weighted by Gasteiger charge is -2.48. The molecular weight excluding hydrogens is 560 g/mol. The number of benzene rings is 2. The zero-order valence-corrected chi connectivity index (χ0v) is 20.8. The topological polar surface area (TPSA) is 90.3 Å². The molecular formula is C25H26F8N2O5. The lowest BCUT2D eigenvalue weighted by Crippen LogP contribution is -2.59. The molecule has 0 bridgehead atoms. The summed E-state index contributed by atoms with van der Waals surface area (Å²) in [5.74, 6) is -5.92. The van der Waals surface area contributed by atoms with E-state index in [0.29, 0.717) is 6.61 Å². The smallest absolute Gasteiger partial charge is 0.475 e. The number of hydrogen-bond donors (Lipinski definition) is 2. The summed E-state index contributed by atoms with van der Waals surface area (Å²) in [5, 5.41) is 14.2. The van der Waals surface area contributed by atoms with Crippen molar-refractivity contribution in [3.8, 4) is 0 Å². The average molecular weight is 586 g/mol. The fourth-order valence-corrected chi connectivity index (χ4v) is 4.14. The van der Waals surface area contributed by atoms with Gasteiger partial charge in [-0.2, -0.15) is 26.3 Å². The Hall–Kier alpha value is -3.46. The summed E-state index contributed by atoms with van der Waals surface area (Å²) in [5.41, 5.74) is 1.81. The molecule has 2 fully saturated rings. The normalized spacial score (nSPS) is 19.6. The third kappa shape index (κ3) is 10.6. The highest BCUT2D eigenvalue weighted by Crippen LogP contribution is 2.32. The van der Waals surface area contributed by atoms with E-state index in [4.69, 9.17) is 24.5 Å². The predicted octanol–water partition coefficient (Wildman–Crippen LogP) is 5.10. The van der Waals surface area contributed by atoms with Crippen molar-refractivity contribution in [1.82, 2.24) is 4.90 Å². The Bertz CT molecular complexity index is 1100. The number of aliphatic carboxylic acids is 2. The first-order valence-corrected chi connectivity index (χ1v) is 11.7. The van der Waals surface area contributed by atoms with E-state index in [9.17, 15) is 35.1 Å². The van der Waals surface area contributed by atoms with Crippen LogP contribution in [0.2, 0.25) is 0 Å². The molecule has 4 rings (SSSR count). The van der Waals surface area contributed by atoms with E-state index in [-0.39, 0.29) is 17.2 Å². The molecule has 2 heterocycles. The second-order valence-corrected chi connectivity index (χ2v) is 8.98. The van der Waals surface area contributed by atoms with Crippen LogP contribution in [0.5, 0.6) is 0 Å². The number of nitrogens with zero attached hydrogens (tertiary/aromatic N) is 2. The molecule has 15 heteroatoms. The third-order valence-corrected chi connectivity index (χ3v) is 5.84. The van der Waals surface area contributed by atoms with Crippen molar-refractivity contribution in [1.29, 1.82) is 0 Å². The fourth-order valence-electron chi connectivity index (χ4n) is 4.14. The summed E-state index contributed by atoms with van der Waals surface area (Å²) in [6.45, 7) is 4.90. The van der Waals surface area contributed by atoms with Gasteiger partial charge in [-0.15, -0.1) is 0 Å². The van der Waals surface area contributed by atoms with Crippen LogP contribution in [0.25, 0.3) is 0 Å². The summed E-state index contributed by atoms with van der Waals surface area (Å²) in [4.78, 5) is 22.4. The number of carboxylic acids is 2. The highest BCUT2D eigenvalue weighted by atomic mass is 19.4. The van der Waals surface area contributed by atoms with Gasteiger partial charge in [-0.1, -0.05) is 18.2 Å². The number of hydrogen-bond acceptors (Lipinski definition) is 5. The fraction of sp³-hybridized carbons (Fsp3) is 0.440. The Kier molecular flexibility index (Phi) is 11.3. The van der Waals surface area contributed by atoms with E-state index >= 15 is 0 Å². The predicted molar refractivity (Wildman–Crippen MR) is 126 cm³/mol. The monoisotopic (exact) mass is 586 g/mol. The molecule has 1 atom stereocenters. The average Bonchev–Trinajstić information content (AvgIpc) is 2.85. The number of anilines is 1. The van der Waals surface area contributed by atoms with E-state index in [0.717, 1.165) is 56.8 Å². The van der Waals surface area contributed by atoms with Gasteiger partial charge in [-0.3, -0.25) is 4.90 Å². The maximum atomic E-state index is 13.6. The summed E-state index contributed by atoms with van der Waals surface area (Å²) >= 11 is 0. The number of ether oxygens (including phenoxy) is 1. The van der Waals surface area contributed by atoms with Crippen molar-refractivity contribution < 1.29 is 59.7 Å². The number of morpholine rings is 1. The maximum Gasteiger partial charge on any atom is 0.490 e. The van der Waals surface area contributed by atoms with Crippen LogP contribution in [0.4, 0.5) is 40.8 Å². The molecule has 222 valence electrons. The third-order valence-electron chi connectivity index (χ3n) is 5.84. The lowest BCUT2D eigenvalue weighted by atomic mass is 9.90. The molecule has 0 radical (unpaired) electrons. The van der Waals surface area contributed by atoms with Crippen molar-refractivity contribution in [2.75, 3.05) is 37.7 Å². The Labute approximate surface area is 223 Å². The van der Waals surface area contributed by atoms with E-state index in [1.165, 1.54) is 18.2 Å². The van der Waals surface area contributed by atoms with Crippen LogP contribution < -0.4 is 4.90 Å². The summed E-state index contributed by atoms with van der Waals surface area (Å²) < 4.78 is 96.4. The molecule has 0 amide bonds. The first kappa shape index (κ1) is 32.8. The van der Waals surface area contributed by atoms with Gasteiger partial charge in [0.15, 0.2) is 0 Å². The number of halogens is 8. The minimum absolute atomic E-state index is 0.204. The van der Waals surface area contributed by atoms with Crippen molar-refractivity contribution in [2.24, 2.45) is 0 Å². The number of rotatable bonds is 3. The largest absolute Gasteiger partial charge is 0.490 e. The standard InChI is InChI=1S/C21H24F2N2O.2C2HF3O2/c22-18-7-5-17(6-8-18)14-24-11-12-26-21(15-24)9-2-10-25(16-21)20-4-1-3-19(23)13-20;2*3-2(4,5)1(6)7/h1,3-8,13H,2,9-12,14-16H2;2*(H,6,7). The molecule has 0 aliphatic carbocycles. The van der Waals surface area contributed by atoms with E-state index in [1.54, 1.807) is 12.1 Å². The molecule has 7 nitrogen and oxygen atoms in total. The van der Waals surface area contributed by atoms with Crippen LogP contribution in [-0.2, 0) is 20.9 Å². The van der Waals surface area contributed by atoms with Crippen LogP contribution in [0, 0.1) is 11.6 Å². The minimum Gasteiger partial charge on any atom is -0.475 e. The molecule has 0 aromatic heterocycles. The summed E-state index contributed by atoms with van der Waals surface area (Å²) in [6.07, 6.45) is -8.13. The van der Waals surface area contributed by atoms with Crippen molar-refractivity contribution in [3.63, 3.8) is 0 Å². The quantitative estimate of drug-likeness (QED) is 0.484. The zero-order valence-electron chi connectivity index (χ0n) is 20.8. The maximum absolute atomic E-state index is 13.6. The van der Waals surface area contributed by atoms with Gasteiger partial charge in [0.25, 0.3) is 0 Å². The molecule has 2 aliphatic rings. The van der Waals surface area contributed by atoms with Crippen LogP contribution in [0.1, 0.15) is 18.4 Å². The molecule has 40 heavy (non-hydrogen) atoms. The second-order valence-electron chi connectivity index (χ2n) is 8.98. The number of alkyl halides is 6. The van der Waals surface area contributed by atoms with Crippen molar-refractivity contribution in [3.05, 3.63) is 65.7 Å². The molecule has 2 aromatic carbocycles. The minimum atomic E-state index is -5.08. The van der Waals surface area contributed by atoms with Crippen LogP contribution in [0.15, 0.2) is 48.5 Å². The van der Waals surface area contributed by atoms with Gasteiger partial charge in [0.05, 0.1) is 12.2 Å². The van der Waals surface area contributed by atoms with Gasteiger partial charge in [0.1, 0.15) is 11.6 Å². The van der Waals surface area contributed by atoms with Gasteiger partial charge >= 0.3 is 24.3 Å². The van der Waals surface area contributed by atoms with Gasteiger partial charge < -0.3 is 19.8 Å². The van der Waals surface area contributed by atoms with E-state index < -0.39 is 24.3 Å². The second kappa shape index (κ2) is 13.7. The molecule has 2 saturated heterocycles. The SMILES string of the molecule is Fc1ccc(CN2CCOC3(CCCN(c4cccc(F)c4)C3)C2)cc1.O=C(O)C(F)(F)F.O=C(O)C(F)(F)F. The van der Waals surface area contributed by atoms with Crippen molar-refractivity contribution in [2.45, 2.75) is 37.3 Å². The summed E-state index contributed by atoms with van der Waals surface area (Å²) in [6, 6.07) is 13.5. The van der Waals surface area contributed by atoms with Crippen LogP contribution >= 0.6 is 0 Å². The first-order chi connectivity index (χ1) is 18.5. The number of carbonyl (C=O) groups is 2. The highest BCUT2D eigenvalue weighted by Gasteiger charge is 2.41. The lowest BCUT2D eigenvalue weighted by molar-refractivity contribution is -0.193. The van der Waals surface area contributed by atoms with Crippen molar-refractivity contribution >= 4 is 17.6 Å². The van der Waals surface area contributed by atoms with E-state index in [1.807, 2.05) is 18.2 Å². The molecule has 2 N–H and O–H groups in total. The zero-order chi connectivity index (χ0) is 30.1. The number of carboxylic acid groups (broad SMARTS) is 2. The first-order valence-electron chi connectivity index (χ1n) is 11.7. The highest BCUT2D eigenvalue weighted by molar-refractivity contribution is 5.73. The Morgan fingerprint density at radius 3 is 1.95 bits per heavy atom. The summed E-state index contributed by atoms with van der Waals surface area (Å²) in [7, 11) is 0.